The Labute approximate surface area is 167 Å². The normalized spacial score (nSPS) is 26.7. The molecule has 29 heavy (non-hydrogen) atoms. The van der Waals surface area contributed by atoms with Crippen LogP contribution >= 0.6 is 0 Å². The van der Waals surface area contributed by atoms with Crippen molar-refractivity contribution in [3.63, 3.8) is 0 Å². The van der Waals surface area contributed by atoms with Gasteiger partial charge in [-0.05, 0) is 34.9 Å². The molecule has 2 aromatic carbocycles. The van der Waals surface area contributed by atoms with E-state index in [0.29, 0.717) is 28.5 Å². The molecular weight excluding hydrogens is 378 g/mol. The number of rotatable bonds is 5. The van der Waals surface area contributed by atoms with Gasteiger partial charge < -0.3 is 30.5 Å². The molecule has 8 heteroatoms. The van der Waals surface area contributed by atoms with Gasteiger partial charge in [-0.25, -0.2) is 0 Å². The van der Waals surface area contributed by atoms with Gasteiger partial charge >= 0.3 is 0 Å². The summed E-state index contributed by atoms with van der Waals surface area (Å²) >= 11 is 0. The van der Waals surface area contributed by atoms with E-state index in [9.17, 15) is 30.0 Å². The molecule has 0 aliphatic carbocycles. The van der Waals surface area contributed by atoms with E-state index in [-0.39, 0.29) is 11.5 Å². The summed E-state index contributed by atoms with van der Waals surface area (Å²) in [5.41, 5.74) is 2.18. The summed E-state index contributed by atoms with van der Waals surface area (Å²) in [7, 11) is 1.48. The molecule has 1 aliphatic heterocycles. The minimum Gasteiger partial charge on any atom is -0.394 e. The number of hydrogen-bond acceptors (Lipinski definition) is 7. The molecule has 0 radical (unpaired) electrons. The second kappa shape index (κ2) is 8.81. The number of benzene rings is 2. The molecular formula is C21H23NO7. The number of amides is 1. The molecule has 5 atom stereocenters. The van der Waals surface area contributed by atoms with Gasteiger partial charge in [0.25, 0.3) is 5.91 Å². The molecule has 1 heterocycles. The molecule has 154 valence electrons. The van der Waals surface area contributed by atoms with Crippen molar-refractivity contribution < 1.29 is 34.8 Å². The molecule has 3 rings (SSSR count). The zero-order chi connectivity index (χ0) is 21.1. The van der Waals surface area contributed by atoms with E-state index in [1.165, 1.54) is 13.1 Å². The maximum absolute atomic E-state index is 12.1. The third-order valence-electron chi connectivity index (χ3n) is 5.05. The molecule has 0 bridgehead atoms. The van der Waals surface area contributed by atoms with E-state index in [4.69, 9.17) is 4.74 Å². The number of carbonyl (C=O) groups is 2. The lowest BCUT2D eigenvalue weighted by Crippen LogP contribution is -2.55. The number of aldehydes is 1. The molecule has 8 nitrogen and oxygen atoms in total. The largest absolute Gasteiger partial charge is 0.394 e. The Hall–Kier alpha value is -2.62. The summed E-state index contributed by atoms with van der Waals surface area (Å²) in [4.78, 5) is 23.5. The Morgan fingerprint density at radius 2 is 1.83 bits per heavy atom. The average molecular weight is 401 g/mol. The first kappa shape index (κ1) is 21.1. The molecule has 0 spiro atoms. The first-order valence-corrected chi connectivity index (χ1v) is 9.13. The molecule has 0 aromatic heterocycles. The molecule has 1 aliphatic rings. The SMILES string of the molecule is CNC(=O)c1cc(C=O)cc(-c2ccccc2[C@H]2OC(CO)[C@@H](O)C(O)C2O)c1. The van der Waals surface area contributed by atoms with Crippen molar-refractivity contribution >= 4 is 12.2 Å². The maximum Gasteiger partial charge on any atom is 0.251 e. The van der Waals surface area contributed by atoms with Crippen molar-refractivity contribution in [2.45, 2.75) is 30.5 Å². The zero-order valence-electron chi connectivity index (χ0n) is 15.7. The smallest absolute Gasteiger partial charge is 0.251 e. The van der Waals surface area contributed by atoms with Crippen LogP contribution in [0.2, 0.25) is 0 Å². The van der Waals surface area contributed by atoms with Crippen molar-refractivity contribution in [2.75, 3.05) is 13.7 Å². The summed E-state index contributed by atoms with van der Waals surface area (Å²) in [6.45, 7) is -0.537. The average Bonchev–Trinajstić information content (AvgIpc) is 2.76. The molecule has 2 aromatic rings. The second-order valence-corrected chi connectivity index (χ2v) is 6.88. The summed E-state index contributed by atoms with van der Waals surface area (Å²) in [6, 6.07) is 11.5. The number of hydrogen-bond donors (Lipinski definition) is 5. The summed E-state index contributed by atoms with van der Waals surface area (Å²) < 4.78 is 5.68. The van der Waals surface area contributed by atoms with Gasteiger partial charge in [0.2, 0.25) is 0 Å². The van der Waals surface area contributed by atoms with Gasteiger partial charge in [-0.1, -0.05) is 24.3 Å². The van der Waals surface area contributed by atoms with Gasteiger partial charge in [-0.15, -0.1) is 0 Å². The van der Waals surface area contributed by atoms with Crippen molar-refractivity contribution in [3.05, 3.63) is 59.2 Å². The van der Waals surface area contributed by atoms with Crippen molar-refractivity contribution in [3.8, 4) is 11.1 Å². The quantitative estimate of drug-likeness (QED) is 0.446. The molecule has 3 unspecified atom stereocenters. The van der Waals surface area contributed by atoms with Gasteiger partial charge in [-0.3, -0.25) is 9.59 Å². The van der Waals surface area contributed by atoms with Crippen LogP contribution in [0.25, 0.3) is 11.1 Å². The number of carbonyl (C=O) groups excluding carboxylic acids is 2. The third kappa shape index (κ3) is 4.07. The lowest BCUT2D eigenvalue weighted by molar-refractivity contribution is -0.231. The van der Waals surface area contributed by atoms with Crippen LogP contribution in [-0.2, 0) is 4.74 Å². The highest BCUT2D eigenvalue weighted by Crippen LogP contribution is 2.38. The number of aliphatic hydroxyl groups is 4. The Balaban J connectivity index is 2.10. The van der Waals surface area contributed by atoms with Crippen molar-refractivity contribution in [2.24, 2.45) is 0 Å². The van der Waals surface area contributed by atoms with Gasteiger partial charge in [0.05, 0.1) is 6.61 Å². The van der Waals surface area contributed by atoms with Gasteiger partial charge in [-0.2, -0.15) is 0 Å². The van der Waals surface area contributed by atoms with Gasteiger partial charge in [0.15, 0.2) is 0 Å². The van der Waals surface area contributed by atoms with Crippen LogP contribution in [-0.4, -0.2) is 70.7 Å². The van der Waals surface area contributed by atoms with Crippen molar-refractivity contribution in [1.82, 2.24) is 5.32 Å². The lowest BCUT2D eigenvalue weighted by atomic mass is 9.87. The molecule has 1 amide bonds. The molecule has 0 saturated carbocycles. The minimum absolute atomic E-state index is 0.288. The van der Waals surface area contributed by atoms with Crippen LogP contribution in [0.1, 0.15) is 32.4 Å². The second-order valence-electron chi connectivity index (χ2n) is 6.88. The number of ether oxygens (including phenoxy) is 1. The molecule has 1 fully saturated rings. The van der Waals surface area contributed by atoms with Gasteiger partial charge in [0.1, 0.15) is 36.8 Å². The van der Waals surface area contributed by atoms with E-state index >= 15 is 0 Å². The lowest BCUT2D eigenvalue weighted by Gasteiger charge is -2.40. The van der Waals surface area contributed by atoms with Gasteiger partial charge in [0, 0.05) is 18.2 Å². The predicted octanol–water partition coefficient (Wildman–Crippen LogP) is 0.0406. The monoisotopic (exact) mass is 401 g/mol. The van der Waals surface area contributed by atoms with E-state index in [1.807, 2.05) is 0 Å². The minimum atomic E-state index is -1.51. The van der Waals surface area contributed by atoms with Crippen LogP contribution in [0, 0.1) is 0 Å². The van der Waals surface area contributed by atoms with Crippen LogP contribution in [0.5, 0.6) is 0 Å². The first-order chi connectivity index (χ1) is 13.9. The molecule has 1 saturated heterocycles. The summed E-state index contributed by atoms with van der Waals surface area (Å²) in [6.07, 6.45) is -5.87. The fourth-order valence-corrected chi connectivity index (χ4v) is 3.52. The fraction of sp³-hybridized carbons (Fsp3) is 0.333. The Bertz CT molecular complexity index is 898. The van der Waals surface area contributed by atoms with Crippen LogP contribution in [0.4, 0.5) is 0 Å². The highest BCUT2D eigenvalue weighted by molar-refractivity contribution is 5.97. The van der Waals surface area contributed by atoms with Crippen molar-refractivity contribution in [1.29, 1.82) is 0 Å². The third-order valence-corrected chi connectivity index (χ3v) is 5.05. The predicted molar refractivity (Wildman–Crippen MR) is 103 cm³/mol. The van der Waals surface area contributed by atoms with E-state index < -0.39 is 37.1 Å². The summed E-state index contributed by atoms with van der Waals surface area (Å²) in [5, 5.41) is 42.6. The van der Waals surface area contributed by atoms with Crippen LogP contribution in [0.3, 0.4) is 0 Å². The zero-order valence-corrected chi connectivity index (χ0v) is 15.7. The number of nitrogens with one attached hydrogen (secondary N) is 1. The van der Waals surface area contributed by atoms with E-state index in [1.54, 1.807) is 36.4 Å². The molecule has 5 N–H and O–H groups in total. The van der Waals surface area contributed by atoms with Crippen LogP contribution in [0.15, 0.2) is 42.5 Å². The topological polar surface area (TPSA) is 136 Å². The Kier molecular flexibility index (Phi) is 6.41. The van der Waals surface area contributed by atoms with E-state index in [2.05, 4.69) is 5.32 Å². The van der Waals surface area contributed by atoms with E-state index in [0.717, 1.165) is 0 Å². The maximum atomic E-state index is 12.1. The Morgan fingerprint density at radius 3 is 2.48 bits per heavy atom. The Morgan fingerprint density at radius 1 is 1.10 bits per heavy atom. The first-order valence-electron chi connectivity index (χ1n) is 9.13. The standard InChI is InChI=1S/C21H23NO7/c1-22-21(28)13-7-11(9-23)6-12(8-13)14-4-2-3-5-15(14)20-19(27)18(26)17(25)16(10-24)29-20/h2-9,16-20,24-27H,10H2,1H3,(H,22,28)/t16?,17-,18?,19?,20-/m1/s1. The van der Waals surface area contributed by atoms with Crippen LogP contribution < -0.4 is 5.32 Å². The highest BCUT2D eigenvalue weighted by atomic mass is 16.5. The highest BCUT2D eigenvalue weighted by Gasteiger charge is 2.44. The fourth-order valence-electron chi connectivity index (χ4n) is 3.52. The number of aliphatic hydroxyl groups excluding tert-OH is 4. The summed E-state index contributed by atoms with van der Waals surface area (Å²) in [5.74, 6) is -0.361.